The Balaban J connectivity index is 0.000000503. The van der Waals surface area contributed by atoms with Crippen molar-refractivity contribution in [2.24, 2.45) is 11.5 Å². The highest BCUT2D eigenvalue weighted by molar-refractivity contribution is 5.90. The normalized spacial score (nSPS) is 15.1. The monoisotopic (exact) mass is 590 g/mol. The van der Waals surface area contributed by atoms with Gasteiger partial charge in [0.1, 0.15) is 24.1 Å². The highest BCUT2D eigenvalue weighted by atomic mass is 19.2. The van der Waals surface area contributed by atoms with Crippen molar-refractivity contribution < 1.29 is 52.1 Å². The lowest BCUT2D eigenvalue weighted by Crippen LogP contribution is -2.32. The summed E-state index contributed by atoms with van der Waals surface area (Å²) >= 11 is 0. The van der Waals surface area contributed by atoms with Gasteiger partial charge in [-0.25, -0.2) is 18.0 Å². The van der Waals surface area contributed by atoms with E-state index in [0.29, 0.717) is 24.8 Å². The predicted octanol–water partition coefficient (Wildman–Crippen LogP) is 1.33. The van der Waals surface area contributed by atoms with Crippen molar-refractivity contribution in [2.45, 2.75) is 37.8 Å². The number of halogens is 3. The highest BCUT2D eigenvalue weighted by Crippen LogP contribution is 2.34. The van der Waals surface area contributed by atoms with Crippen LogP contribution in [0.25, 0.3) is 0 Å². The number of aromatic nitrogens is 1. The molecular formula is C24H33F3N6O8. The van der Waals surface area contributed by atoms with Gasteiger partial charge in [0, 0.05) is 25.2 Å². The zero-order chi connectivity index (χ0) is 30.5. The number of aliphatic carboxylic acids is 2. The molecule has 8 N–H and O–H groups in total. The molecule has 14 nitrogen and oxygen atoms in total. The Labute approximate surface area is 232 Å². The number of nitrogens with zero attached hydrogens (tertiary/aromatic N) is 3. The highest BCUT2D eigenvalue weighted by Gasteiger charge is 2.36. The predicted molar refractivity (Wildman–Crippen MR) is 139 cm³/mol. The van der Waals surface area contributed by atoms with E-state index in [-0.39, 0.29) is 26.2 Å². The molecule has 0 radical (unpaired) electrons. The number of aliphatic hydroxyl groups is 1. The van der Waals surface area contributed by atoms with E-state index in [4.69, 9.17) is 31.5 Å². The molecule has 1 amide bonds. The summed E-state index contributed by atoms with van der Waals surface area (Å²) in [7, 11) is 0. The third-order valence-electron chi connectivity index (χ3n) is 5.80. The molecule has 1 saturated heterocycles. The zero-order valence-corrected chi connectivity index (χ0v) is 22.0. The Morgan fingerprint density at radius 1 is 1.22 bits per heavy atom. The lowest BCUT2D eigenvalue weighted by atomic mass is 10.1. The minimum absolute atomic E-state index is 0.0961. The van der Waals surface area contributed by atoms with E-state index in [1.165, 1.54) is 12.3 Å². The maximum absolute atomic E-state index is 14.8. The van der Waals surface area contributed by atoms with Crippen molar-refractivity contribution in [3.8, 4) is 0 Å². The van der Waals surface area contributed by atoms with Gasteiger partial charge in [0.15, 0.2) is 23.3 Å². The molecule has 2 atom stereocenters. The van der Waals surface area contributed by atoms with Gasteiger partial charge in [-0.1, -0.05) is 11.6 Å². The molecule has 1 aromatic carbocycles. The molecule has 1 aliphatic rings. The van der Waals surface area contributed by atoms with Gasteiger partial charge >= 0.3 is 18.0 Å². The number of nitrogens with one attached hydrogen (secondary N) is 1. The number of amides is 1. The second kappa shape index (κ2) is 16.2. The van der Waals surface area contributed by atoms with Gasteiger partial charge in [-0.3, -0.25) is 14.5 Å². The minimum atomic E-state index is -1.61. The fourth-order valence-corrected chi connectivity index (χ4v) is 3.72. The third-order valence-corrected chi connectivity index (χ3v) is 5.80. The molecule has 0 saturated carbocycles. The van der Waals surface area contributed by atoms with Gasteiger partial charge in [0.25, 0.3) is 0 Å². The summed E-state index contributed by atoms with van der Waals surface area (Å²) in [5, 5.41) is 32.7. The number of carbonyl (C=O) groups is 3. The van der Waals surface area contributed by atoms with E-state index in [0.717, 1.165) is 22.6 Å². The maximum Gasteiger partial charge on any atom is 0.414 e. The Hall–Kier alpha value is -4.09. The number of ether oxygens (including phenoxy) is 1. The molecule has 1 aliphatic heterocycles. The lowest BCUT2D eigenvalue weighted by Gasteiger charge is -2.25. The number of anilines is 3. The van der Waals surface area contributed by atoms with E-state index in [9.17, 15) is 27.6 Å². The van der Waals surface area contributed by atoms with Crippen LogP contribution < -0.4 is 26.6 Å². The molecule has 0 bridgehead atoms. The molecule has 17 heteroatoms. The van der Waals surface area contributed by atoms with Crippen LogP contribution in [0.3, 0.4) is 0 Å². The smallest absolute Gasteiger partial charge is 0.414 e. The summed E-state index contributed by atoms with van der Waals surface area (Å²) in [6.07, 6.45) is 1.26. The van der Waals surface area contributed by atoms with Crippen LogP contribution in [0.2, 0.25) is 0 Å². The molecule has 2 unspecified atom stereocenters. The van der Waals surface area contributed by atoms with Crippen LogP contribution in [0.15, 0.2) is 22.9 Å². The SMILES string of the molecule is NCCCCC(N)C(=O)O.O=C(O)CCN(CCO)c1c(F)cc(N2CC(CNc3ccon3)OC2=O)c(F)c1F. The second-order valence-corrected chi connectivity index (χ2v) is 8.82. The number of aliphatic hydroxyl groups excluding tert-OH is 1. The molecule has 1 aromatic heterocycles. The van der Waals surface area contributed by atoms with Crippen molar-refractivity contribution in [1.82, 2.24) is 5.16 Å². The number of rotatable bonds is 15. The number of hydrogen-bond acceptors (Lipinski definition) is 11. The van der Waals surface area contributed by atoms with Crippen molar-refractivity contribution in [1.29, 1.82) is 0 Å². The van der Waals surface area contributed by atoms with Crippen LogP contribution in [-0.2, 0) is 14.3 Å². The van der Waals surface area contributed by atoms with Crippen molar-refractivity contribution >= 4 is 35.2 Å². The molecule has 41 heavy (non-hydrogen) atoms. The summed E-state index contributed by atoms with van der Waals surface area (Å²) in [6, 6.07) is 1.44. The van der Waals surface area contributed by atoms with Crippen molar-refractivity contribution in [3.05, 3.63) is 35.8 Å². The lowest BCUT2D eigenvalue weighted by molar-refractivity contribution is -0.139. The first-order valence-corrected chi connectivity index (χ1v) is 12.6. The average molecular weight is 591 g/mol. The molecule has 2 heterocycles. The summed E-state index contributed by atoms with van der Waals surface area (Å²) in [5.41, 5.74) is 8.94. The first-order chi connectivity index (χ1) is 19.5. The standard InChI is InChI=1S/C18H19F3N4O6.C6H14N2O2/c19-11-7-12(15(20)16(21)17(11)24(4-5-26)3-1-14(27)28)25-9-10(31-18(25)29)8-22-13-2-6-30-23-13;7-4-2-1-3-5(8)6(9)10/h2,6-7,10,26H,1,3-5,8-9H2,(H,22,23)(H,27,28);5H,1-4,7-8H2,(H,9,10). The largest absolute Gasteiger partial charge is 0.481 e. The summed E-state index contributed by atoms with van der Waals surface area (Å²) in [4.78, 5) is 34.7. The fourth-order valence-electron chi connectivity index (χ4n) is 3.72. The Morgan fingerprint density at radius 3 is 2.54 bits per heavy atom. The summed E-state index contributed by atoms with van der Waals surface area (Å²) < 4.78 is 54.0. The topological polar surface area (TPSA) is 218 Å². The maximum atomic E-state index is 14.8. The number of carboxylic acids is 2. The van der Waals surface area contributed by atoms with Crippen LogP contribution in [0.1, 0.15) is 25.7 Å². The Kier molecular flexibility index (Phi) is 13.1. The van der Waals surface area contributed by atoms with E-state index >= 15 is 0 Å². The van der Waals surface area contributed by atoms with Gasteiger partial charge in [0.05, 0.1) is 31.8 Å². The zero-order valence-electron chi connectivity index (χ0n) is 22.0. The quantitative estimate of drug-likeness (QED) is 0.128. The van der Waals surface area contributed by atoms with Crippen LogP contribution in [-0.4, -0.2) is 90.0 Å². The van der Waals surface area contributed by atoms with Crippen molar-refractivity contribution in [2.75, 3.05) is 54.4 Å². The average Bonchev–Trinajstić information content (AvgIpc) is 3.58. The fraction of sp³-hybridized carbons (Fsp3) is 0.500. The number of carboxylic acid groups (broad SMARTS) is 2. The number of nitrogens with two attached hydrogens (primary N) is 2. The Bertz CT molecular complexity index is 1160. The molecular weight excluding hydrogens is 557 g/mol. The van der Waals surface area contributed by atoms with Crippen LogP contribution in [0.4, 0.5) is 35.2 Å². The van der Waals surface area contributed by atoms with Crippen molar-refractivity contribution in [3.63, 3.8) is 0 Å². The molecule has 2 aromatic rings. The molecule has 0 aliphatic carbocycles. The summed E-state index contributed by atoms with van der Waals surface area (Å²) in [5.74, 6) is -6.11. The number of hydrogen-bond donors (Lipinski definition) is 6. The van der Waals surface area contributed by atoms with E-state index in [2.05, 4.69) is 15.0 Å². The van der Waals surface area contributed by atoms with Gasteiger partial charge in [0.2, 0.25) is 0 Å². The van der Waals surface area contributed by atoms with Crippen LogP contribution >= 0.6 is 0 Å². The molecule has 228 valence electrons. The van der Waals surface area contributed by atoms with Crippen LogP contribution in [0.5, 0.6) is 0 Å². The number of carbonyl (C=O) groups excluding carboxylic acids is 1. The van der Waals surface area contributed by atoms with Gasteiger partial charge in [-0.05, 0) is 19.4 Å². The number of cyclic esters (lactones) is 1. The molecule has 1 fully saturated rings. The molecule has 3 rings (SSSR count). The Morgan fingerprint density at radius 2 is 1.95 bits per heavy atom. The third kappa shape index (κ3) is 9.80. The second-order valence-electron chi connectivity index (χ2n) is 8.82. The van der Waals surface area contributed by atoms with Gasteiger partial charge < -0.3 is 46.3 Å². The van der Waals surface area contributed by atoms with Crippen LogP contribution in [0, 0.1) is 17.5 Å². The summed E-state index contributed by atoms with van der Waals surface area (Å²) in [6.45, 7) is -0.699. The van der Waals surface area contributed by atoms with Gasteiger partial charge in [-0.15, -0.1) is 0 Å². The number of unbranched alkanes of at least 4 members (excludes halogenated alkanes) is 1. The first kappa shape index (κ1) is 33.1. The van der Waals surface area contributed by atoms with E-state index in [1.807, 2.05) is 0 Å². The minimum Gasteiger partial charge on any atom is -0.481 e. The van der Waals surface area contributed by atoms with E-state index < -0.39 is 72.0 Å². The van der Waals surface area contributed by atoms with E-state index in [1.54, 1.807) is 0 Å². The first-order valence-electron chi connectivity index (χ1n) is 12.6. The van der Waals surface area contributed by atoms with Gasteiger partial charge in [-0.2, -0.15) is 0 Å². The number of benzene rings is 1. The molecule has 0 spiro atoms.